The molecule has 1 amide bonds. The standard InChI is InChI=1S/C26H24N6O2S/c1-31-25(20-12-14-27-15-13-20)28-29-26(31)35-17-24(33)32-23(19-8-10-21(34-2)11-9-19)16-22(30-32)18-6-4-3-5-7-18/h3-15,23H,16-17H2,1-2H3/t23-/m0/s1. The molecule has 176 valence electrons. The summed E-state index contributed by atoms with van der Waals surface area (Å²) in [6, 6.07) is 21.4. The first-order valence-electron chi connectivity index (χ1n) is 11.2. The van der Waals surface area contributed by atoms with Crippen LogP contribution in [0.3, 0.4) is 0 Å². The van der Waals surface area contributed by atoms with E-state index >= 15 is 0 Å². The Bertz CT molecular complexity index is 1340. The molecule has 9 heteroatoms. The van der Waals surface area contributed by atoms with Crippen LogP contribution >= 0.6 is 11.8 Å². The third kappa shape index (κ3) is 4.81. The summed E-state index contributed by atoms with van der Waals surface area (Å²) in [6.45, 7) is 0. The van der Waals surface area contributed by atoms with Crippen molar-refractivity contribution in [2.45, 2.75) is 17.6 Å². The number of methoxy groups -OCH3 is 1. The molecule has 0 unspecified atom stereocenters. The van der Waals surface area contributed by atoms with Crippen molar-refractivity contribution in [3.63, 3.8) is 0 Å². The highest BCUT2D eigenvalue weighted by atomic mass is 32.2. The molecule has 0 N–H and O–H groups in total. The molecule has 0 saturated carbocycles. The molecule has 4 aromatic rings. The van der Waals surface area contributed by atoms with E-state index in [1.54, 1.807) is 24.5 Å². The van der Waals surface area contributed by atoms with Gasteiger partial charge in [0.15, 0.2) is 11.0 Å². The van der Waals surface area contributed by atoms with Crippen LogP contribution in [0.1, 0.15) is 23.6 Å². The number of ether oxygens (including phenoxy) is 1. The van der Waals surface area contributed by atoms with E-state index in [0.717, 1.165) is 34.0 Å². The van der Waals surface area contributed by atoms with Crippen LogP contribution in [0.25, 0.3) is 11.4 Å². The quantitative estimate of drug-likeness (QED) is 0.363. The maximum absolute atomic E-state index is 13.4. The largest absolute Gasteiger partial charge is 0.497 e. The fourth-order valence-corrected chi connectivity index (χ4v) is 4.78. The van der Waals surface area contributed by atoms with E-state index in [4.69, 9.17) is 9.84 Å². The molecule has 0 spiro atoms. The Hall–Kier alpha value is -3.98. The SMILES string of the molecule is COc1ccc([C@@H]2CC(c3ccccc3)=NN2C(=O)CSc2nnc(-c3ccncc3)n2C)cc1. The first-order chi connectivity index (χ1) is 17.1. The number of amides is 1. The first kappa shape index (κ1) is 22.8. The number of thioether (sulfide) groups is 1. The smallest absolute Gasteiger partial charge is 0.253 e. The van der Waals surface area contributed by atoms with Crippen molar-refractivity contribution in [1.82, 2.24) is 24.8 Å². The van der Waals surface area contributed by atoms with Crippen LogP contribution in [0.15, 0.2) is 89.4 Å². The Balaban J connectivity index is 1.36. The average molecular weight is 485 g/mol. The lowest BCUT2D eigenvalue weighted by Gasteiger charge is -2.22. The Morgan fingerprint density at radius 1 is 1.00 bits per heavy atom. The average Bonchev–Trinajstić information content (AvgIpc) is 3.52. The Morgan fingerprint density at radius 2 is 1.74 bits per heavy atom. The fraction of sp³-hybridized carbons (Fsp3) is 0.192. The number of rotatable bonds is 7. The van der Waals surface area contributed by atoms with E-state index in [9.17, 15) is 4.79 Å². The lowest BCUT2D eigenvalue weighted by Crippen LogP contribution is -2.28. The van der Waals surface area contributed by atoms with Crippen molar-refractivity contribution in [3.8, 4) is 17.1 Å². The summed E-state index contributed by atoms with van der Waals surface area (Å²) in [7, 11) is 3.53. The molecule has 5 rings (SSSR count). The number of hydrogen-bond donors (Lipinski definition) is 0. The Labute approximate surface area is 207 Å². The molecule has 1 atom stereocenters. The van der Waals surface area contributed by atoms with Gasteiger partial charge in [0.2, 0.25) is 0 Å². The van der Waals surface area contributed by atoms with E-state index in [-0.39, 0.29) is 17.7 Å². The molecule has 1 aliphatic heterocycles. The molecule has 2 aromatic carbocycles. The lowest BCUT2D eigenvalue weighted by atomic mass is 9.98. The van der Waals surface area contributed by atoms with E-state index in [1.807, 2.05) is 78.3 Å². The molecule has 2 aromatic heterocycles. The van der Waals surface area contributed by atoms with Crippen LogP contribution in [0.2, 0.25) is 0 Å². The minimum absolute atomic E-state index is 0.0878. The normalized spacial score (nSPS) is 15.2. The zero-order chi connectivity index (χ0) is 24.2. The van der Waals surface area contributed by atoms with Gasteiger partial charge in [-0.15, -0.1) is 10.2 Å². The lowest BCUT2D eigenvalue weighted by molar-refractivity contribution is -0.130. The zero-order valence-electron chi connectivity index (χ0n) is 19.4. The summed E-state index contributed by atoms with van der Waals surface area (Å²) in [4.78, 5) is 17.4. The molecule has 0 fully saturated rings. The van der Waals surface area contributed by atoms with Gasteiger partial charge < -0.3 is 9.30 Å². The number of nitrogens with zero attached hydrogens (tertiary/aromatic N) is 6. The monoisotopic (exact) mass is 484 g/mol. The summed E-state index contributed by atoms with van der Waals surface area (Å²) in [5, 5.41) is 15.6. The van der Waals surface area contributed by atoms with Crippen LogP contribution in [0, 0.1) is 0 Å². The molecular formula is C26H24N6O2S. The van der Waals surface area contributed by atoms with Crippen LogP contribution < -0.4 is 4.74 Å². The topological polar surface area (TPSA) is 85.5 Å². The van der Waals surface area contributed by atoms with E-state index < -0.39 is 0 Å². The number of carbonyl (C=O) groups is 1. The van der Waals surface area contributed by atoms with Crippen molar-refractivity contribution in [2.75, 3.05) is 12.9 Å². The second kappa shape index (κ2) is 10.1. The predicted octanol–water partition coefficient (Wildman–Crippen LogP) is 4.36. The molecule has 0 radical (unpaired) electrons. The molecule has 35 heavy (non-hydrogen) atoms. The highest BCUT2D eigenvalue weighted by Crippen LogP contribution is 2.34. The van der Waals surface area contributed by atoms with E-state index in [1.165, 1.54) is 11.8 Å². The highest BCUT2D eigenvalue weighted by Gasteiger charge is 2.33. The van der Waals surface area contributed by atoms with Crippen LogP contribution in [0.5, 0.6) is 5.75 Å². The Kier molecular flexibility index (Phi) is 6.58. The fourth-order valence-electron chi connectivity index (χ4n) is 4.02. The number of carbonyl (C=O) groups excluding carboxylic acids is 1. The summed E-state index contributed by atoms with van der Waals surface area (Å²) in [6.07, 6.45) is 4.08. The minimum Gasteiger partial charge on any atom is -0.497 e. The molecular weight excluding hydrogens is 460 g/mol. The number of hydrazone groups is 1. The van der Waals surface area contributed by atoms with Crippen molar-refractivity contribution >= 4 is 23.4 Å². The van der Waals surface area contributed by atoms with Gasteiger partial charge in [-0.25, -0.2) is 5.01 Å². The second-order valence-corrected chi connectivity index (χ2v) is 8.98. The summed E-state index contributed by atoms with van der Waals surface area (Å²) >= 11 is 1.35. The summed E-state index contributed by atoms with van der Waals surface area (Å²) in [5.74, 6) is 1.61. The van der Waals surface area contributed by atoms with E-state index in [2.05, 4.69) is 15.2 Å². The zero-order valence-corrected chi connectivity index (χ0v) is 20.2. The maximum Gasteiger partial charge on any atom is 0.253 e. The van der Waals surface area contributed by atoms with Crippen molar-refractivity contribution in [2.24, 2.45) is 12.1 Å². The van der Waals surface area contributed by atoms with Crippen LogP contribution in [-0.2, 0) is 11.8 Å². The molecule has 3 heterocycles. The number of benzene rings is 2. The van der Waals surface area contributed by atoms with Gasteiger partial charge in [-0.1, -0.05) is 54.2 Å². The third-order valence-electron chi connectivity index (χ3n) is 5.87. The molecule has 8 nitrogen and oxygen atoms in total. The maximum atomic E-state index is 13.4. The van der Waals surface area contributed by atoms with Crippen LogP contribution in [-0.4, -0.2) is 49.2 Å². The third-order valence-corrected chi connectivity index (χ3v) is 6.88. The van der Waals surface area contributed by atoms with Gasteiger partial charge in [0.1, 0.15) is 5.75 Å². The van der Waals surface area contributed by atoms with Gasteiger partial charge in [0.25, 0.3) is 5.91 Å². The summed E-state index contributed by atoms with van der Waals surface area (Å²) < 4.78 is 7.18. The number of hydrogen-bond acceptors (Lipinski definition) is 7. The highest BCUT2D eigenvalue weighted by molar-refractivity contribution is 7.99. The number of pyridine rings is 1. The van der Waals surface area contributed by atoms with Gasteiger partial charge >= 0.3 is 0 Å². The minimum atomic E-state index is -0.184. The van der Waals surface area contributed by atoms with Crippen molar-refractivity contribution < 1.29 is 9.53 Å². The first-order valence-corrected chi connectivity index (χ1v) is 12.1. The Morgan fingerprint density at radius 3 is 2.46 bits per heavy atom. The van der Waals surface area contributed by atoms with Gasteiger partial charge in [0, 0.05) is 31.4 Å². The van der Waals surface area contributed by atoms with Crippen molar-refractivity contribution in [1.29, 1.82) is 0 Å². The molecule has 0 saturated heterocycles. The van der Waals surface area contributed by atoms with E-state index in [0.29, 0.717) is 11.6 Å². The van der Waals surface area contributed by atoms with Gasteiger partial charge in [-0.2, -0.15) is 5.10 Å². The van der Waals surface area contributed by atoms with Crippen LogP contribution in [0.4, 0.5) is 0 Å². The van der Waals surface area contributed by atoms with Gasteiger partial charge in [-0.05, 0) is 35.4 Å². The predicted molar refractivity (Wildman–Crippen MR) is 135 cm³/mol. The molecule has 1 aliphatic rings. The molecule has 0 bridgehead atoms. The van der Waals surface area contributed by atoms with Crippen molar-refractivity contribution in [3.05, 3.63) is 90.3 Å². The van der Waals surface area contributed by atoms with Gasteiger partial charge in [-0.3, -0.25) is 9.78 Å². The molecule has 0 aliphatic carbocycles. The second-order valence-electron chi connectivity index (χ2n) is 8.03. The summed E-state index contributed by atoms with van der Waals surface area (Å²) in [5.41, 5.74) is 3.84. The number of aromatic nitrogens is 4. The van der Waals surface area contributed by atoms with Gasteiger partial charge in [0.05, 0.1) is 24.6 Å².